The second kappa shape index (κ2) is 8.82. The van der Waals surface area contributed by atoms with Crippen molar-refractivity contribution in [2.24, 2.45) is 5.28 Å². The van der Waals surface area contributed by atoms with E-state index in [1.807, 2.05) is 0 Å². The van der Waals surface area contributed by atoms with Crippen molar-refractivity contribution in [1.82, 2.24) is 10.3 Å². The number of hydrazine groups is 1. The standard InChI is InChI=1S/C12H24N4O7/c1-4-15(5-2)16(21)14-23-12-9(13-7(3)18)11(20)10(19)8(6-17)22-12/h8-12,17,19-20H,4-6H2,1-3H3,(H,13,18)/b16-14-/t8-,9-,10-,11-,12+/m1/s1. The van der Waals surface area contributed by atoms with Crippen molar-refractivity contribution in [3.8, 4) is 0 Å². The summed E-state index contributed by atoms with van der Waals surface area (Å²) in [6, 6.07) is -1.15. The molecular weight excluding hydrogens is 312 g/mol. The van der Waals surface area contributed by atoms with E-state index < -0.39 is 43.2 Å². The third kappa shape index (κ3) is 4.89. The molecule has 0 unspecified atom stereocenters. The Morgan fingerprint density at radius 2 is 2.00 bits per heavy atom. The van der Waals surface area contributed by atoms with Crippen LogP contribution in [0.2, 0.25) is 0 Å². The molecule has 0 aromatic heterocycles. The van der Waals surface area contributed by atoms with Crippen molar-refractivity contribution in [2.45, 2.75) is 51.4 Å². The molecule has 5 atom stereocenters. The van der Waals surface area contributed by atoms with Crippen LogP contribution in [0.5, 0.6) is 0 Å². The Morgan fingerprint density at radius 1 is 1.39 bits per heavy atom. The second-order valence-corrected chi connectivity index (χ2v) is 5.01. The molecule has 0 aromatic rings. The molecule has 0 aliphatic carbocycles. The zero-order chi connectivity index (χ0) is 17.6. The summed E-state index contributed by atoms with van der Waals surface area (Å²) in [5.41, 5.74) is 0. The monoisotopic (exact) mass is 336 g/mol. The third-order valence-electron chi connectivity index (χ3n) is 3.44. The number of carbonyl (C=O) groups excluding carboxylic acids is 1. The van der Waals surface area contributed by atoms with Gasteiger partial charge in [0.1, 0.15) is 24.4 Å². The number of hydrogen-bond donors (Lipinski definition) is 4. The van der Waals surface area contributed by atoms with Gasteiger partial charge in [0.2, 0.25) is 11.2 Å². The first-order valence-electron chi connectivity index (χ1n) is 7.34. The van der Waals surface area contributed by atoms with Gasteiger partial charge in [0.25, 0.3) is 6.29 Å². The van der Waals surface area contributed by atoms with Gasteiger partial charge in [-0.3, -0.25) is 4.79 Å². The molecule has 0 aromatic carbocycles. The van der Waals surface area contributed by atoms with E-state index in [-0.39, 0.29) is 4.97 Å². The quantitative estimate of drug-likeness (QED) is 0.239. The lowest BCUT2D eigenvalue weighted by Crippen LogP contribution is -2.64. The molecule has 1 aliphatic rings. The van der Waals surface area contributed by atoms with Gasteiger partial charge >= 0.3 is 0 Å². The topological polar surface area (TPSA) is 150 Å². The van der Waals surface area contributed by atoms with Crippen LogP contribution in [0.3, 0.4) is 0 Å². The summed E-state index contributed by atoms with van der Waals surface area (Å²) in [5.74, 6) is -0.497. The average molecular weight is 336 g/mol. The molecule has 0 radical (unpaired) electrons. The maximum Gasteiger partial charge on any atom is 0.256 e. The molecule has 4 N–H and O–H groups in total. The first kappa shape index (κ1) is 19.4. The first-order valence-corrected chi connectivity index (χ1v) is 7.34. The Balaban J connectivity index is 2.89. The number of rotatable bonds is 7. The Hall–Kier alpha value is -1.69. The molecule has 1 fully saturated rings. The van der Waals surface area contributed by atoms with Crippen LogP contribution in [-0.2, 0) is 14.4 Å². The number of ether oxygens (including phenoxy) is 1. The normalized spacial score (nSPS) is 31.6. The summed E-state index contributed by atoms with van der Waals surface area (Å²) in [6.45, 7) is 4.93. The summed E-state index contributed by atoms with van der Waals surface area (Å²) in [6.07, 6.45) is -5.37. The number of nitrogens with zero attached hydrogens (tertiary/aromatic N) is 3. The molecule has 23 heavy (non-hydrogen) atoms. The summed E-state index contributed by atoms with van der Waals surface area (Å²) in [5, 5.41) is 47.8. The van der Waals surface area contributed by atoms with E-state index in [0.29, 0.717) is 13.1 Å². The van der Waals surface area contributed by atoms with E-state index in [4.69, 9.17) is 14.7 Å². The van der Waals surface area contributed by atoms with Crippen LogP contribution < -0.4 is 5.32 Å². The predicted molar refractivity (Wildman–Crippen MR) is 75.4 cm³/mol. The van der Waals surface area contributed by atoms with Gasteiger partial charge in [-0.15, -0.1) is 5.01 Å². The van der Waals surface area contributed by atoms with E-state index in [0.717, 1.165) is 0 Å². The van der Waals surface area contributed by atoms with Gasteiger partial charge in [-0.1, -0.05) is 0 Å². The van der Waals surface area contributed by atoms with Crippen LogP contribution >= 0.6 is 0 Å². The number of aliphatic hydroxyl groups excluding tert-OH is 3. The third-order valence-corrected chi connectivity index (χ3v) is 3.44. The van der Waals surface area contributed by atoms with Crippen LogP contribution in [0.15, 0.2) is 5.28 Å². The predicted octanol–water partition coefficient (Wildman–Crippen LogP) is -1.92. The zero-order valence-electron chi connectivity index (χ0n) is 13.3. The zero-order valence-corrected chi connectivity index (χ0v) is 13.3. The molecule has 0 bridgehead atoms. The lowest BCUT2D eigenvalue weighted by molar-refractivity contribution is -0.712. The van der Waals surface area contributed by atoms with Crippen molar-refractivity contribution in [3.63, 3.8) is 0 Å². The highest BCUT2D eigenvalue weighted by Gasteiger charge is 2.46. The van der Waals surface area contributed by atoms with Crippen LogP contribution in [0.1, 0.15) is 20.8 Å². The lowest BCUT2D eigenvalue weighted by atomic mass is 9.97. The highest BCUT2D eigenvalue weighted by molar-refractivity contribution is 5.73. The summed E-state index contributed by atoms with van der Waals surface area (Å²) >= 11 is 0. The largest absolute Gasteiger partial charge is 0.569 e. The maximum atomic E-state index is 11.7. The Morgan fingerprint density at radius 3 is 2.48 bits per heavy atom. The SMILES string of the molecule is CCN(CC)/[N+]([O-])=N/O[C@@H]1O[C@H](CO)[C@@H](O)[C@H](O)[C@H]1NC(C)=O. The molecule has 134 valence electrons. The molecular formula is C12H24N4O7. The first-order chi connectivity index (χ1) is 10.8. The molecule has 1 heterocycles. The van der Waals surface area contributed by atoms with Gasteiger partial charge in [-0.25, -0.2) is 0 Å². The molecule has 1 aliphatic heterocycles. The molecule has 11 heteroatoms. The van der Waals surface area contributed by atoms with Gasteiger partial charge in [-0.2, -0.15) is 0 Å². The van der Waals surface area contributed by atoms with Gasteiger partial charge in [-0.05, 0) is 13.8 Å². The number of carbonyl (C=O) groups is 1. The summed E-state index contributed by atoms with van der Waals surface area (Å²) in [7, 11) is 0. The number of hydrogen-bond acceptors (Lipinski definition) is 8. The van der Waals surface area contributed by atoms with Crippen molar-refractivity contribution >= 4 is 5.91 Å². The number of nitrogens with one attached hydrogen (secondary N) is 1. The van der Waals surface area contributed by atoms with Gasteiger partial charge in [0.05, 0.1) is 24.7 Å². The maximum absolute atomic E-state index is 11.7. The average Bonchev–Trinajstić information content (AvgIpc) is 2.52. The minimum atomic E-state index is -1.46. The van der Waals surface area contributed by atoms with E-state index in [2.05, 4.69) is 10.6 Å². The molecule has 11 nitrogen and oxygen atoms in total. The molecule has 0 spiro atoms. The molecule has 1 saturated heterocycles. The lowest BCUT2D eigenvalue weighted by Gasteiger charge is -2.40. The smallest absolute Gasteiger partial charge is 0.256 e. The van der Waals surface area contributed by atoms with E-state index in [1.165, 1.54) is 11.9 Å². The van der Waals surface area contributed by atoms with E-state index >= 15 is 0 Å². The Bertz CT molecular complexity index is 418. The van der Waals surface area contributed by atoms with Crippen molar-refractivity contribution in [2.75, 3.05) is 19.7 Å². The molecule has 0 saturated carbocycles. The van der Waals surface area contributed by atoms with Crippen molar-refractivity contribution < 1.29 is 34.7 Å². The minimum absolute atomic E-state index is 0.222. The minimum Gasteiger partial charge on any atom is -0.569 e. The fraction of sp³-hybridized carbons (Fsp3) is 0.917. The fourth-order valence-corrected chi connectivity index (χ4v) is 2.16. The van der Waals surface area contributed by atoms with Gasteiger partial charge in [0, 0.05) is 6.92 Å². The van der Waals surface area contributed by atoms with Gasteiger partial charge < -0.3 is 35.4 Å². The fourth-order valence-electron chi connectivity index (χ4n) is 2.16. The number of aliphatic hydroxyl groups is 3. The van der Waals surface area contributed by atoms with E-state index in [1.54, 1.807) is 13.8 Å². The van der Waals surface area contributed by atoms with Crippen LogP contribution in [-0.4, -0.2) is 81.5 Å². The van der Waals surface area contributed by atoms with Crippen LogP contribution in [0.4, 0.5) is 0 Å². The van der Waals surface area contributed by atoms with Crippen LogP contribution in [0, 0.1) is 5.21 Å². The molecule has 1 amide bonds. The Labute approximate surface area is 133 Å². The van der Waals surface area contributed by atoms with Crippen LogP contribution in [0.25, 0.3) is 0 Å². The highest BCUT2D eigenvalue weighted by Crippen LogP contribution is 2.22. The van der Waals surface area contributed by atoms with Crippen molar-refractivity contribution in [3.05, 3.63) is 5.21 Å². The second-order valence-electron chi connectivity index (χ2n) is 5.01. The van der Waals surface area contributed by atoms with E-state index in [9.17, 15) is 20.2 Å². The highest BCUT2D eigenvalue weighted by atomic mass is 16.8. The molecule has 1 rings (SSSR count). The Kier molecular flexibility index (Phi) is 7.42. The summed E-state index contributed by atoms with van der Waals surface area (Å²) < 4.78 is 5.25. The number of amides is 1. The van der Waals surface area contributed by atoms with Gasteiger partial charge in [0.15, 0.2) is 0 Å². The van der Waals surface area contributed by atoms with Crippen molar-refractivity contribution in [1.29, 1.82) is 0 Å². The summed E-state index contributed by atoms with van der Waals surface area (Å²) in [4.78, 5) is 16.4.